The molecule has 0 saturated carbocycles. The second-order valence-corrected chi connectivity index (χ2v) is 8.74. The number of rotatable bonds is 2. The molecule has 6 nitrogen and oxygen atoms in total. The van der Waals surface area contributed by atoms with Crippen molar-refractivity contribution in [1.82, 2.24) is 0 Å². The van der Waals surface area contributed by atoms with Gasteiger partial charge in [0.25, 0.3) is 5.69 Å². The van der Waals surface area contributed by atoms with E-state index in [0.29, 0.717) is 10.0 Å². The Morgan fingerprint density at radius 1 is 1.40 bits per heavy atom. The third-order valence-electron chi connectivity index (χ3n) is 3.37. The van der Waals surface area contributed by atoms with E-state index in [1.807, 2.05) is 0 Å². The molecular weight excluding hydrogens is 320 g/mol. The molecule has 2 atom stereocenters. The van der Waals surface area contributed by atoms with Crippen molar-refractivity contribution in [2.24, 2.45) is 0 Å². The molecule has 1 aromatic rings. The number of nitro groups is 1. The quantitative estimate of drug-likeness (QED) is 0.463. The summed E-state index contributed by atoms with van der Waals surface area (Å²) in [5.74, 6) is 0.168. The highest BCUT2D eigenvalue weighted by molar-refractivity contribution is 8.24. The van der Waals surface area contributed by atoms with Crippen LogP contribution in [-0.2, 0) is 9.84 Å². The van der Waals surface area contributed by atoms with Crippen molar-refractivity contribution in [3.63, 3.8) is 0 Å². The monoisotopic (exact) mass is 330 g/mol. The molecule has 3 rings (SSSR count). The van der Waals surface area contributed by atoms with Gasteiger partial charge in [-0.1, -0.05) is 30.0 Å². The largest absolute Gasteiger partial charge is 0.322 e. The molecule has 0 aliphatic carbocycles. The van der Waals surface area contributed by atoms with Crippen molar-refractivity contribution in [2.45, 2.75) is 11.3 Å². The first kappa shape index (κ1) is 13.8. The van der Waals surface area contributed by atoms with E-state index in [9.17, 15) is 18.5 Å². The molecule has 2 heterocycles. The van der Waals surface area contributed by atoms with E-state index in [1.54, 1.807) is 17.0 Å². The standard InChI is InChI=1S/C11H10N2O4S3/c14-13(15)8-3-1-2-7(4-8)12-9-5-20(16,17)6-10(9)19-11(12)18/h1-4,9-10H,5-6H2/t9-,10-/m0/s1. The summed E-state index contributed by atoms with van der Waals surface area (Å²) in [4.78, 5) is 12.1. The van der Waals surface area contributed by atoms with E-state index in [-0.39, 0.29) is 28.5 Å². The zero-order valence-electron chi connectivity index (χ0n) is 10.1. The summed E-state index contributed by atoms with van der Waals surface area (Å²) < 4.78 is 24.0. The summed E-state index contributed by atoms with van der Waals surface area (Å²) in [6.07, 6.45) is 0. The van der Waals surface area contributed by atoms with Crippen molar-refractivity contribution < 1.29 is 13.3 Å². The highest BCUT2D eigenvalue weighted by Crippen LogP contribution is 2.41. The predicted octanol–water partition coefficient (Wildman–Crippen LogP) is 1.60. The zero-order chi connectivity index (χ0) is 14.5. The highest BCUT2D eigenvalue weighted by Gasteiger charge is 2.48. The van der Waals surface area contributed by atoms with Crippen LogP contribution in [0.5, 0.6) is 0 Å². The lowest BCUT2D eigenvalue weighted by atomic mass is 10.2. The fourth-order valence-corrected chi connectivity index (χ4v) is 6.90. The molecule has 0 aromatic heterocycles. The smallest absolute Gasteiger partial charge is 0.271 e. The van der Waals surface area contributed by atoms with E-state index < -0.39 is 14.8 Å². The van der Waals surface area contributed by atoms with Crippen LogP contribution in [0.1, 0.15) is 0 Å². The van der Waals surface area contributed by atoms with Crippen LogP contribution in [0.4, 0.5) is 11.4 Å². The first-order valence-electron chi connectivity index (χ1n) is 5.82. The highest BCUT2D eigenvalue weighted by atomic mass is 32.2. The third kappa shape index (κ3) is 2.29. The van der Waals surface area contributed by atoms with Gasteiger partial charge in [0.1, 0.15) is 4.32 Å². The molecule has 0 bridgehead atoms. The molecule has 0 amide bonds. The Balaban J connectivity index is 1.99. The lowest BCUT2D eigenvalue weighted by Gasteiger charge is -2.23. The predicted molar refractivity (Wildman–Crippen MR) is 82.0 cm³/mol. The molecule has 0 radical (unpaired) electrons. The van der Waals surface area contributed by atoms with Crippen LogP contribution in [0, 0.1) is 10.1 Å². The summed E-state index contributed by atoms with van der Waals surface area (Å²) >= 11 is 6.65. The maximum Gasteiger partial charge on any atom is 0.271 e. The maximum atomic E-state index is 11.7. The van der Waals surface area contributed by atoms with Crippen molar-refractivity contribution in [3.8, 4) is 0 Å². The molecule has 20 heavy (non-hydrogen) atoms. The summed E-state index contributed by atoms with van der Waals surface area (Å²) in [5.41, 5.74) is 0.556. The van der Waals surface area contributed by atoms with E-state index in [4.69, 9.17) is 12.2 Å². The molecule has 0 spiro atoms. The minimum Gasteiger partial charge on any atom is -0.322 e. The molecular formula is C11H10N2O4S3. The van der Waals surface area contributed by atoms with Crippen LogP contribution in [-0.4, -0.2) is 40.5 Å². The number of hydrogen-bond donors (Lipinski definition) is 0. The number of nitrogens with zero attached hydrogens (tertiary/aromatic N) is 2. The van der Waals surface area contributed by atoms with Gasteiger partial charge in [0.2, 0.25) is 0 Å². The average Bonchev–Trinajstić information content (AvgIpc) is 2.79. The van der Waals surface area contributed by atoms with Crippen molar-refractivity contribution in [2.75, 3.05) is 16.4 Å². The van der Waals surface area contributed by atoms with Crippen LogP contribution in [0.15, 0.2) is 24.3 Å². The first-order chi connectivity index (χ1) is 9.37. The van der Waals surface area contributed by atoms with Crippen LogP contribution >= 0.6 is 24.0 Å². The SMILES string of the molecule is O=[N+]([O-])c1cccc(N2C(=S)S[C@H]3CS(=O)(=O)C[C@@H]32)c1. The Bertz CT molecular complexity index is 703. The normalized spacial score (nSPS) is 27.6. The van der Waals surface area contributed by atoms with Gasteiger partial charge in [0.15, 0.2) is 9.84 Å². The fourth-order valence-electron chi connectivity index (χ4n) is 2.53. The van der Waals surface area contributed by atoms with Crippen molar-refractivity contribution in [1.29, 1.82) is 0 Å². The van der Waals surface area contributed by atoms with Gasteiger partial charge in [-0.25, -0.2) is 8.42 Å². The summed E-state index contributed by atoms with van der Waals surface area (Å²) in [5, 5.41) is 10.8. The van der Waals surface area contributed by atoms with Crippen LogP contribution in [0.3, 0.4) is 0 Å². The van der Waals surface area contributed by atoms with Gasteiger partial charge in [0.05, 0.1) is 22.5 Å². The summed E-state index contributed by atoms with van der Waals surface area (Å²) in [6, 6.07) is 5.91. The Hall–Kier alpha value is -1.19. The minimum absolute atomic E-state index is 0.0281. The van der Waals surface area contributed by atoms with Gasteiger partial charge < -0.3 is 4.90 Å². The second-order valence-electron chi connectivity index (χ2n) is 4.71. The molecule has 1 aromatic carbocycles. The maximum absolute atomic E-state index is 11.7. The van der Waals surface area contributed by atoms with Crippen LogP contribution < -0.4 is 4.90 Å². The van der Waals surface area contributed by atoms with Gasteiger partial charge in [0, 0.05) is 23.1 Å². The van der Waals surface area contributed by atoms with Gasteiger partial charge >= 0.3 is 0 Å². The Morgan fingerprint density at radius 2 is 2.15 bits per heavy atom. The van der Waals surface area contributed by atoms with Gasteiger partial charge in [-0.3, -0.25) is 10.1 Å². The topological polar surface area (TPSA) is 80.5 Å². The van der Waals surface area contributed by atoms with Gasteiger partial charge in [-0.15, -0.1) is 0 Å². The molecule has 106 valence electrons. The number of thioether (sulfide) groups is 1. The van der Waals surface area contributed by atoms with E-state index in [1.165, 1.54) is 23.9 Å². The number of anilines is 1. The molecule has 2 fully saturated rings. The number of fused-ring (bicyclic) bond motifs is 1. The molecule has 2 saturated heterocycles. The van der Waals surface area contributed by atoms with Crippen molar-refractivity contribution in [3.05, 3.63) is 34.4 Å². The average molecular weight is 330 g/mol. The second kappa shape index (κ2) is 4.68. The zero-order valence-corrected chi connectivity index (χ0v) is 12.6. The summed E-state index contributed by atoms with van der Waals surface area (Å²) in [7, 11) is -3.05. The van der Waals surface area contributed by atoms with E-state index >= 15 is 0 Å². The third-order valence-corrected chi connectivity index (χ3v) is 6.97. The number of thiocarbonyl (C=S) groups is 1. The summed E-state index contributed by atoms with van der Waals surface area (Å²) in [6.45, 7) is 0. The molecule has 2 aliphatic rings. The molecule has 9 heteroatoms. The van der Waals surface area contributed by atoms with E-state index in [0.717, 1.165) is 0 Å². The molecule has 2 aliphatic heterocycles. The van der Waals surface area contributed by atoms with Crippen molar-refractivity contribution >= 4 is 49.5 Å². The number of benzene rings is 1. The molecule has 0 N–H and O–H groups in total. The number of sulfone groups is 1. The Labute approximate surface area is 125 Å². The number of nitro benzene ring substituents is 1. The van der Waals surface area contributed by atoms with Crippen LogP contribution in [0.25, 0.3) is 0 Å². The molecule has 0 unspecified atom stereocenters. The lowest BCUT2D eigenvalue weighted by molar-refractivity contribution is -0.384. The van der Waals surface area contributed by atoms with Crippen LogP contribution in [0.2, 0.25) is 0 Å². The Kier molecular flexibility index (Phi) is 3.22. The van der Waals surface area contributed by atoms with E-state index in [2.05, 4.69) is 0 Å². The lowest BCUT2D eigenvalue weighted by Crippen LogP contribution is -2.36. The fraction of sp³-hybridized carbons (Fsp3) is 0.364. The minimum atomic E-state index is -3.05. The number of hydrogen-bond acceptors (Lipinski definition) is 6. The van der Waals surface area contributed by atoms with Gasteiger partial charge in [-0.05, 0) is 6.07 Å². The first-order valence-corrected chi connectivity index (χ1v) is 8.93. The van der Waals surface area contributed by atoms with Gasteiger partial charge in [-0.2, -0.15) is 0 Å². The number of non-ortho nitro benzene ring substituents is 1. The Morgan fingerprint density at radius 3 is 2.85 bits per heavy atom.